The SMILES string of the molecule is COc1ccc(Nc2nnc(SCC(=O)NCC(C)(C)N3CCOCC3)s2)cc1. The lowest BCUT2D eigenvalue weighted by molar-refractivity contribution is -0.119. The lowest BCUT2D eigenvalue weighted by Crippen LogP contribution is -2.55. The molecule has 10 heteroatoms. The van der Waals surface area contributed by atoms with Crippen molar-refractivity contribution in [1.29, 1.82) is 0 Å². The Morgan fingerprint density at radius 3 is 2.69 bits per heavy atom. The number of ether oxygens (including phenoxy) is 2. The minimum Gasteiger partial charge on any atom is -0.497 e. The predicted molar refractivity (Wildman–Crippen MR) is 116 cm³/mol. The maximum absolute atomic E-state index is 12.3. The fourth-order valence-electron chi connectivity index (χ4n) is 2.89. The Kier molecular flexibility index (Phi) is 7.70. The molecule has 1 saturated heterocycles. The maximum Gasteiger partial charge on any atom is 0.230 e. The molecule has 0 radical (unpaired) electrons. The Morgan fingerprint density at radius 2 is 2.00 bits per heavy atom. The van der Waals surface area contributed by atoms with Gasteiger partial charge in [0.1, 0.15) is 5.75 Å². The Bertz CT molecular complexity index is 791. The molecule has 0 spiro atoms. The monoisotopic (exact) mass is 437 g/mol. The van der Waals surface area contributed by atoms with Crippen molar-refractivity contribution < 1.29 is 14.3 Å². The zero-order valence-electron chi connectivity index (χ0n) is 16.9. The van der Waals surface area contributed by atoms with Crippen LogP contribution in [0.1, 0.15) is 13.8 Å². The molecule has 158 valence electrons. The van der Waals surface area contributed by atoms with Crippen LogP contribution in [0.4, 0.5) is 10.8 Å². The molecule has 1 amide bonds. The molecule has 1 aliphatic heterocycles. The number of hydrogen-bond donors (Lipinski definition) is 2. The summed E-state index contributed by atoms with van der Waals surface area (Å²) in [4.78, 5) is 14.6. The molecular formula is C19H27N5O3S2. The highest BCUT2D eigenvalue weighted by Crippen LogP contribution is 2.28. The van der Waals surface area contributed by atoms with Gasteiger partial charge in [-0.05, 0) is 38.1 Å². The number of anilines is 2. The van der Waals surface area contributed by atoms with E-state index in [2.05, 4.69) is 39.6 Å². The number of aromatic nitrogens is 2. The smallest absolute Gasteiger partial charge is 0.230 e. The van der Waals surface area contributed by atoms with E-state index in [9.17, 15) is 4.79 Å². The van der Waals surface area contributed by atoms with Crippen molar-refractivity contribution in [2.24, 2.45) is 0 Å². The van der Waals surface area contributed by atoms with Gasteiger partial charge in [-0.15, -0.1) is 10.2 Å². The molecule has 1 aliphatic rings. The van der Waals surface area contributed by atoms with Crippen LogP contribution in [0.15, 0.2) is 28.6 Å². The molecule has 1 aromatic heterocycles. The van der Waals surface area contributed by atoms with Gasteiger partial charge in [0.05, 0.1) is 26.1 Å². The number of carbonyl (C=O) groups excluding carboxylic acids is 1. The summed E-state index contributed by atoms with van der Waals surface area (Å²) in [6.45, 7) is 8.18. The Hall–Kier alpha value is -1.88. The molecule has 0 unspecified atom stereocenters. The molecule has 3 rings (SSSR count). The number of nitrogens with one attached hydrogen (secondary N) is 2. The molecule has 2 aromatic rings. The number of morpholine rings is 1. The third-order valence-corrected chi connectivity index (χ3v) is 6.63. The van der Waals surface area contributed by atoms with Gasteiger partial charge in [0.25, 0.3) is 0 Å². The van der Waals surface area contributed by atoms with Crippen LogP contribution in [0.5, 0.6) is 5.75 Å². The molecule has 29 heavy (non-hydrogen) atoms. The largest absolute Gasteiger partial charge is 0.497 e. The van der Waals surface area contributed by atoms with E-state index in [1.165, 1.54) is 23.1 Å². The van der Waals surface area contributed by atoms with Crippen LogP contribution in [0.2, 0.25) is 0 Å². The van der Waals surface area contributed by atoms with E-state index in [0.717, 1.165) is 42.1 Å². The lowest BCUT2D eigenvalue weighted by Gasteiger charge is -2.40. The summed E-state index contributed by atoms with van der Waals surface area (Å²) in [7, 11) is 1.64. The minimum atomic E-state index is -0.0949. The van der Waals surface area contributed by atoms with Crippen molar-refractivity contribution in [1.82, 2.24) is 20.4 Å². The molecule has 0 aliphatic carbocycles. The van der Waals surface area contributed by atoms with Crippen molar-refractivity contribution in [2.75, 3.05) is 51.0 Å². The van der Waals surface area contributed by atoms with Gasteiger partial charge in [-0.25, -0.2) is 0 Å². The topological polar surface area (TPSA) is 88.6 Å². The zero-order valence-corrected chi connectivity index (χ0v) is 18.6. The Labute approximate surface area is 179 Å². The molecule has 1 fully saturated rings. The fraction of sp³-hybridized carbons (Fsp3) is 0.526. The molecular weight excluding hydrogens is 410 g/mol. The summed E-state index contributed by atoms with van der Waals surface area (Å²) < 4.78 is 11.3. The van der Waals surface area contributed by atoms with E-state index in [1.807, 2.05) is 24.3 Å². The van der Waals surface area contributed by atoms with Crippen molar-refractivity contribution in [3.8, 4) is 5.75 Å². The molecule has 0 bridgehead atoms. The van der Waals surface area contributed by atoms with Crippen LogP contribution in [-0.4, -0.2) is 72.3 Å². The van der Waals surface area contributed by atoms with Crippen LogP contribution in [0, 0.1) is 0 Å². The number of carbonyl (C=O) groups is 1. The number of benzene rings is 1. The summed E-state index contributed by atoms with van der Waals surface area (Å²) >= 11 is 2.81. The lowest BCUT2D eigenvalue weighted by atomic mass is 10.0. The van der Waals surface area contributed by atoms with Gasteiger partial charge in [0, 0.05) is 30.9 Å². The second kappa shape index (κ2) is 10.2. The van der Waals surface area contributed by atoms with Gasteiger partial charge in [-0.3, -0.25) is 9.69 Å². The first-order chi connectivity index (χ1) is 14.0. The summed E-state index contributed by atoms with van der Waals surface area (Å²) in [5, 5.41) is 15.2. The zero-order chi connectivity index (χ0) is 20.7. The number of methoxy groups -OCH3 is 1. The van der Waals surface area contributed by atoms with E-state index < -0.39 is 0 Å². The third kappa shape index (κ3) is 6.56. The van der Waals surface area contributed by atoms with E-state index in [-0.39, 0.29) is 11.4 Å². The fourth-order valence-corrected chi connectivity index (χ4v) is 4.49. The first-order valence-corrected chi connectivity index (χ1v) is 11.2. The molecule has 8 nitrogen and oxygen atoms in total. The summed E-state index contributed by atoms with van der Waals surface area (Å²) in [6.07, 6.45) is 0. The second-order valence-corrected chi connectivity index (χ2v) is 9.40. The van der Waals surface area contributed by atoms with Crippen molar-refractivity contribution in [3.05, 3.63) is 24.3 Å². The van der Waals surface area contributed by atoms with Gasteiger partial charge >= 0.3 is 0 Å². The quantitative estimate of drug-likeness (QED) is 0.579. The maximum atomic E-state index is 12.3. The minimum absolute atomic E-state index is 0.00352. The number of hydrogen-bond acceptors (Lipinski definition) is 9. The Balaban J connectivity index is 1.42. The van der Waals surface area contributed by atoms with Gasteiger partial charge < -0.3 is 20.1 Å². The van der Waals surface area contributed by atoms with Crippen molar-refractivity contribution >= 4 is 39.8 Å². The van der Waals surface area contributed by atoms with E-state index in [1.54, 1.807) is 7.11 Å². The van der Waals surface area contributed by atoms with Gasteiger partial charge in [-0.1, -0.05) is 23.1 Å². The van der Waals surface area contributed by atoms with E-state index in [0.29, 0.717) is 17.4 Å². The second-order valence-electron chi connectivity index (χ2n) is 7.20. The summed E-state index contributed by atoms with van der Waals surface area (Å²) in [5.74, 6) is 1.11. The first kappa shape index (κ1) is 21.8. The highest BCUT2D eigenvalue weighted by molar-refractivity contribution is 8.01. The number of thioether (sulfide) groups is 1. The van der Waals surface area contributed by atoms with Crippen LogP contribution in [0.3, 0.4) is 0 Å². The first-order valence-electron chi connectivity index (χ1n) is 9.43. The standard InChI is InChI=1S/C19H27N5O3S2/c1-19(2,24-8-10-27-11-9-24)13-20-16(25)12-28-18-23-22-17(29-18)21-14-4-6-15(26-3)7-5-14/h4-7H,8-13H2,1-3H3,(H,20,25)(H,21,22). The van der Waals surface area contributed by atoms with E-state index >= 15 is 0 Å². The van der Waals surface area contributed by atoms with Crippen LogP contribution in [-0.2, 0) is 9.53 Å². The summed E-state index contributed by atoms with van der Waals surface area (Å²) in [6, 6.07) is 7.58. The van der Waals surface area contributed by atoms with Gasteiger partial charge in [-0.2, -0.15) is 0 Å². The number of amides is 1. The molecule has 0 atom stereocenters. The molecule has 0 saturated carbocycles. The van der Waals surface area contributed by atoms with Crippen LogP contribution >= 0.6 is 23.1 Å². The third-order valence-electron chi connectivity index (χ3n) is 4.66. The highest BCUT2D eigenvalue weighted by atomic mass is 32.2. The van der Waals surface area contributed by atoms with Crippen molar-refractivity contribution in [2.45, 2.75) is 23.7 Å². The molecule has 2 heterocycles. The van der Waals surface area contributed by atoms with Gasteiger partial charge in [0.15, 0.2) is 4.34 Å². The predicted octanol–water partition coefficient (Wildman–Crippen LogP) is 2.61. The normalized spacial score (nSPS) is 15.1. The van der Waals surface area contributed by atoms with Gasteiger partial charge in [0.2, 0.25) is 11.0 Å². The van der Waals surface area contributed by atoms with Crippen molar-refractivity contribution in [3.63, 3.8) is 0 Å². The van der Waals surface area contributed by atoms with Crippen LogP contribution < -0.4 is 15.4 Å². The number of rotatable bonds is 9. The average Bonchev–Trinajstić information content (AvgIpc) is 3.19. The Morgan fingerprint density at radius 1 is 1.28 bits per heavy atom. The average molecular weight is 438 g/mol. The highest BCUT2D eigenvalue weighted by Gasteiger charge is 2.28. The van der Waals surface area contributed by atoms with Crippen LogP contribution in [0.25, 0.3) is 0 Å². The summed E-state index contributed by atoms with van der Waals surface area (Å²) in [5.41, 5.74) is 0.809. The number of nitrogens with zero attached hydrogens (tertiary/aromatic N) is 3. The molecule has 1 aromatic carbocycles. The molecule has 2 N–H and O–H groups in total. The van der Waals surface area contributed by atoms with E-state index in [4.69, 9.17) is 9.47 Å².